The number of amides is 4. The molecule has 3 heterocycles. The van der Waals surface area contributed by atoms with Crippen LogP contribution in [0.3, 0.4) is 0 Å². The first-order chi connectivity index (χ1) is 20.1. The zero-order chi connectivity index (χ0) is 30.4. The van der Waals surface area contributed by atoms with Crippen molar-refractivity contribution in [3.63, 3.8) is 0 Å². The summed E-state index contributed by atoms with van der Waals surface area (Å²) in [6.07, 6.45) is 4.58. The Kier molecular flexibility index (Phi) is 9.87. The van der Waals surface area contributed by atoms with E-state index in [1.165, 1.54) is 47.5 Å². The summed E-state index contributed by atoms with van der Waals surface area (Å²) in [5.74, 6) is -3.38. The van der Waals surface area contributed by atoms with Crippen molar-refractivity contribution < 1.29 is 33.1 Å². The van der Waals surface area contributed by atoms with Crippen LogP contribution in [-0.4, -0.2) is 89.8 Å². The van der Waals surface area contributed by atoms with Gasteiger partial charge in [0.25, 0.3) is 11.8 Å². The molecule has 2 atom stereocenters. The van der Waals surface area contributed by atoms with Gasteiger partial charge in [0.1, 0.15) is 11.9 Å². The number of ether oxygens (including phenoxy) is 1. The Morgan fingerprint density at radius 3 is 2.60 bits per heavy atom. The highest BCUT2D eigenvalue weighted by Gasteiger charge is 2.37. The molecule has 4 amide bonds. The number of hydrogen-bond acceptors (Lipinski definition) is 7. The van der Waals surface area contributed by atoms with Crippen molar-refractivity contribution in [1.29, 1.82) is 0 Å². The van der Waals surface area contributed by atoms with E-state index in [4.69, 9.17) is 4.74 Å². The summed E-state index contributed by atoms with van der Waals surface area (Å²) in [4.78, 5) is 72.3. The maximum atomic E-state index is 14.8. The molecule has 2 aliphatic rings. The van der Waals surface area contributed by atoms with E-state index in [9.17, 15) is 28.4 Å². The van der Waals surface area contributed by atoms with Crippen molar-refractivity contribution in [2.45, 2.75) is 51.6 Å². The number of fused-ring (bicyclic) bond motifs is 3. The Morgan fingerprint density at radius 1 is 1.10 bits per heavy atom. The molecule has 0 spiro atoms. The third-order valence-electron chi connectivity index (χ3n) is 7.62. The highest BCUT2D eigenvalue weighted by molar-refractivity contribution is 5.99. The third kappa shape index (κ3) is 7.10. The van der Waals surface area contributed by atoms with Gasteiger partial charge in [0, 0.05) is 38.1 Å². The number of nitrogens with zero attached hydrogens (tertiary/aromatic N) is 3. The standard InChI is InChI=1S/C30H36FN5O6/c1-18(2)24-16-35(28(39)20-13-21(15-32-14-20)30(41)42-3)17-26(37)33-10-4-6-19-8-9-23(31)22(12-19)29(40)36-11-5-7-25(36)27(38)34-24/h8-9,12-15,18,24-25H,4-7,10-11,16-17H2,1-3H3,(H,33,37)(H,34,38)/t24-,25-/m0/s1. The number of pyridine rings is 1. The number of rotatable bonds is 3. The molecule has 4 rings (SSSR count). The van der Waals surface area contributed by atoms with Crippen molar-refractivity contribution in [1.82, 2.24) is 25.4 Å². The fourth-order valence-corrected chi connectivity index (χ4v) is 5.21. The molecular weight excluding hydrogens is 545 g/mol. The first-order valence-corrected chi connectivity index (χ1v) is 14.1. The van der Waals surface area contributed by atoms with Crippen LogP contribution in [0.25, 0.3) is 0 Å². The van der Waals surface area contributed by atoms with Gasteiger partial charge in [-0.15, -0.1) is 0 Å². The van der Waals surface area contributed by atoms with E-state index >= 15 is 0 Å². The Labute approximate surface area is 243 Å². The SMILES string of the molecule is COC(=O)c1cncc(C(=O)N2CC(=O)NCCCc3ccc(F)c(c3)C(=O)N3CCC[C@H]3C(=O)N[C@H](C(C)C)C2)c1. The molecule has 0 aliphatic carbocycles. The number of esters is 1. The van der Waals surface area contributed by atoms with Crippen molar-refractivity contribution in [2.24, 2.45) is 5.92 Å². The van der Waals surface area contributed by atoms with Crippen molar-refractivity contribution in [3.8, 4) is 0 Å². The van der Waals surface area contributed by atoms with Crippen LogP contribution in [0.1, 0.15) is 69.7 Å². The summed E-state index contributed by atoms with van der Waals surface area (Å²) in [7, 11) is 1.22. The minimum absolute atomic E-state index is 0.0197. The van der Waals surface area contributed by atoms with Crippen LogP contribution in [-0.2, 0) is 20.7 Å². The molecule has 224 valence electrons. The third-order valence-corrected chi connectivity index (χ3v) is 7.62. The molecule has 11 nitrogen and oxygen atoms in total. The average molecular weight is 582 g/mol. The molecule has 0 saturated carbocycles. The number of nitrogens with one attached hydrogen (secondary N) is 2. The largest absolute Gasteiger partial charge is 0.465 e. The number of carbonyl (C=O) groups excluding carboxylic acids is 5. The van der Waals surface area contributed by atoms with Crippen LogP contribution in [0.4, 0.5) is 4.39 Å². The molecule has 1 aromatic carbocycles. The number of aryl methyl sites for hydroxylation is 1. The lowest BCUT2D eigenvalue weighted by molar-refractivity contribution is -0.126. The molecule has 42 heavy (non-hydrogen) atoms. The molecular formula is C30H36FN5O6. The van der Waals surface area contributed by atoms with E-state index in [-0.39, 0.29) is 35.7 Å². The van der Waals surface area contributed by atoms with Gasteiger partial charge in [0.05, 0.1) is 30.3 Å². The lowest BCUT2D eigenvalue weighted by Crippen LogP contribution is -2.54. The fraction of sp³-hybridized carbons (Fsp3) is 0.467. The van der Waals surface area contributed by atoms with Crippen LogP contribution >= 0.6 is 0 Å². The van der Waals surface area contributed by atoms with Gasteiger partial charge in [-0.05, 0) is 55.4 Å². The number of aromatic nitrogens is 1. The van der Waals surface area contributed by atoms with E-state index in [2.05, 4.69) is 15.6 Å². The van der Waals surface area contributed by atoms with E-state index in [1.807, 2.05) is 13.8 Å². The molecule has 0 radical (unpaired) electrons. The monoisotopic (exact) mass is 581 g/mol. The van der Waals surface area contributed by atoms with E-state index in [0.29, 0.717) is 38.8 Å². The second kappa shape index (κ2) is 13.5. The zero-order valence-electron chi connectivity index (χ0n) is 24.0. The van der Waals surface area contributed by atoms with Crippen molar-refractivity contribution >= 4 is 29.6 Å². The molecule has 2 N–H and O–H groups in total. The fourth-order valence-electron chi connectivity index (χ4n) is 5.21. The summed E-state index contributed by atoms with van der Waals surface area (Å²) in [6, 6.07) is 4.33. The van der Waals surface area contributed by atoms with Gasteiger partial charge in [-0.2, -0.15) is 0 Å². The summed E-state index contributed by atoms with van der Waals surface area (Å²) in [5, 5.41) is 5.78. The van der Waals surface area contributed by atoms with Gasteiger partial charge in [-0.1, -0.05) is 19.9 Å². The van der Waals surface area contributed by atoms with Gasteiger partial charge >= 0.3 is 5.97 Å². The summed E-state index contributed by atoms with van der Waals surface area (Å²) >= 11 is 0. The Balaban J connectivity index is 1.66. The van der Waals surface area contributed by atoms with E-state index < -0.39 is 47.5 Å². The molecule has 2 aliphatic heterocycles. The molecule has 1 saturated heterocycles. The second-order valence-corrected chi connectivity index (χ2v) is 10.9. The lowest BCUT2D eigenvalue weighted by atomic mass is 10.0. The first kappa shape index (κ1) is 30.6. The van der Waals surface area contributed by atoms with E-state index in [1.54, 1.807) is 6.07 Å². The normalized spacial score (nSPS) is 20.5. The average Bonchev–Trinajstić information content (AvgIpc) is 3.48. The molecule has 0 unspecified atom stereocenters. The molecule has 12 heteroatoms. The minimum atomic E-state index is -0.800. The number of methoxy groups -OCH3 is 1. The molecule has 2 bridgehead atoms. The number of hydrogen-bond donors (Lipinski definition) is 2. The minimum Gasteiger partial charge on any atom is -0.465 e. The Hall–Kier alpha value is -4.35. The molecule has 1 aromatic heterocycles. The van der Waals surface area contributed by atoms with Gasteiger partial charge in [-0.25, -0.2) is 9.18 Å². The van der Waals surface area contributed by atoms with Crippen molar-refractivity contribution in [3.05, 3.63) is 64.7 Å². The number of halogens is 1. The van der Waals surface area contributed by atoms with Crippen LogP contribution in [0.5, 0.6) is 0 Å². The smallest absolute Gasteiger partial charge is 0.339 e. The maximum Gasteiger partial charge on any atom is 0.339 e. The van der Waals surface area contributed by atoms with E-state index in [0.717, 1.165) is 5.56 Å². The second-order valence-electron chi connectivity index (χ2n) is 10.9. The molecule has 1 fully saturated rings. The first-order valence-electron chi connectivity index (χ1n) is 14.1. The Morgan fingerprint density at radius 2 is 1.86 bits per heavy atom. The number of carbonyl (C=O) groups is 5. The highest BCUT2D eigenvalue weighted by atomic mass is 19.1. The lowest BCUT2D eigenvalue weighted by Gasteiger charge is -2.32. The van der Waals surface area contributed by atoms with Crippen molar-refractivity contribution in [2.75, 3.05) is 33.3 Å². The topological polar surface area (TPSA) is 138 Å². The summed E-state index contributed by atoms with van der Waals surface area (Å²) < 4.78 is 19.5. The van der Waals surface area contributed by atoms with Crippen LogP contribution in [0.2, 0.25) is 0 Å². The van der Waals surface area contributed by atoms with Gasteiger partial charge in [0.15, 0.2) is 0 Å². The zero-order valence-corrected chi connectivity index (χ0v) is 24.0. The van der Waals surface area contributed by atoms with Gasteiger partial charge in [-0.3, -0.25) is 24.2 Å². The van der Waals surface area contributed by atoms with Gasteiger partial charge < -0.3 is 25.2 Å². The summed E-state index contributed by atoms with van der Waals surface area (Å²) in [6.45, 7) is 4.03. The predicted octanol–water partition coefficient (Wildman–Crippen LogP) is 1.96. The molecule has 2 aromatic rings. The quantitative estimate of drug-likeness (QED) is 0.529. The van der Waals surface area contributed by atoms with Crippen LogP contribution in [0, 0.1) is 11.7 Å². The summed E-state index contributed by atoms with van der Waals surface area (Å²) in [5.41, 5.74) is 0.811. The predicted molar refractivity (Wildman–Crippen MR) is 150 cm³/mol. The van der Waals surface area contributed by atoms with Gasteiger partial charge in [0.2, 0.25) is 11.8 Å². The van der Waals surface area contributed by atoms with Crippen LogP contribution < -0.4 is 10.6 Å². The van der Waals surface area contributed by atoms with Crippen LogP contribution in [0.15, 0.2) is 36.7 Å². The maximum absolute atomic E-state index is 14.8. The highest BCUT2D eigenvalue weighted by Crippen LogP contribution is 2.23. The Bertz CT molecular complexity index is 1370. The number of benzene rings is 1.